The van der Waals surface area contributed by atoms with E-state index in [-0.39, 0.29) is 5.91 Å². The van der Waals surface area contributed by atoms with Gasteiger partial charge < -0.3 is 15.8 Å². The Morgan fingerprint density at radius 3 is 2.50 bits per heavy atom. The van der Waals surface area contributed by atoms with Crippen LogP contribution in [0, 0.1) is 0 Å². The van der Waals surface area contributed by atoms with Gasteiger partial charge in [-0.3, -0.25) is 4.79 Å². The smallest absolute Gasteiger partial charge is 0.265 e. The van der Waals surface area contributed by atoms with Gasteiger partial charge >= 0.3 is 0 Å². The second-order valence-corrected chi connectivity index (χ2v) is 4.71. The minimum absolute atomic E-state index is 0.269. The number of hydrogen-bond donors (Lipinski definition) is 2. The van der Waals surface area contributed by atoms with Crippen LogP contribution in [0.15, 0.2) is 48.5 Å². The number of para-hydroxylation sites is 1. The van der Waals surface area contributed by atoms with E-state index in [1.807, 2.05) is 0 Å². The molecule has 5 heteroatoms. The number of halogens is 1. The molecule has 104 valence electrons. The Balaban J connectivity index is 1.99. The second kappa shape index (κ2) is 6.30. The maximum Gasteiger partial charge on any atom is 0.265 e. The Morgan fingerprint density at radius 2 is 1.85 bits per heavy atom. The van der Waals surface area contributed by atoms with Gasteiger partial charge in [-0.05, 0) is 43.3 Å². The molecule has 1 amide bonds. The fraction of sp³-hybridized carbons (Fsp3) is 0.133. The third-order valence-corrected chi connectivity index (χ3v) is 3.02. The summed E-state index contributed by atoms with van der Waals surface area (Å²) in [4.78, 5) is 12.0. The average molecular weight is 291 g/mol. The number of amides is 1. The fourth-order valence-electron chi connectivity index (χ4n) is 1.60. The van der Waals surface area contributed by atoms with Gasteiger partial charge in [0.05, 0.1) is 10.7 Å². The number of ether oxygens (including phenoxy) is 1. The highest BCUT2D eigenvalue weighted by Gasteiger charge is 2.15. The first kappa shape index (κ1) is 14.2. The summed E-state index contributed by atoms with van der Waals surface area (Å²) in [5.74, 6) is 0.316. The fourth-order valence-corrected chi connectivity index (χ4v) is 1.78. The molecule has 3 N–H and O–H groups in total. The zero-order valence-electron chi connectivity index (χ0n) is 11.0. The summed E-state index contributed by atoms with van der Waals surface area (Å²) < 4.78 is 5.53. The summed E-state index contributed by atoms with van der Waals surface area (Å²) in [6.45, 7) is 1.67. The molecule has 0 aliphatic carbocycles. The van der Waals surface area contributed by atoms with Crippen LogP contribution in [0.2, 0.25) is 5.02 Å². The Morgan fingerprint density at radius 1 is 1.20 bits per heavy atom. The van der Waals surface area contributed by atoms with Gasteiger partial charge in [0.1, 0.15) is 5.75 Å². The first-order valence-corrected chi connectivity index (χ1v) is 6.51. The average Bonchev–Trinajstić information content (AvgIpc) is 2.44. The van der Waals surface area contributed by atoms with Gasteiger partial charge in [0.2, 0.25) is 0 Å². The molecule has 1 unspecified atom stereocenters. The maximum atomic E-state index is 12.0. The van der Waals surface area contributed by atoms with Crippen molar-refractivity contribution in [1.29, 1.82) is 0 Å². The van der Waals surface area contributed by atoms with E-state index < -0.39 is 6.10 Å². The SMILES string of the molecule is CC(Oc1ccc(N)cc1)C(=O)Nc1ccccc1Cl. The van der Waals surface area contributed by atoms with Crippen molar-refractivity contribution in [2.24, 2.45) is 0 Å². The van der Waals surface area contributed by atoms with Crippen LogP contribution in [-0.4, -0.2) is 12.0 Å². The van der Waals surface area contributed by atoms with E-state index in [0.717, 1.165) is 0 Å². The first-order valence-electron chi connectivity index (χ1n) is 6.14. The summed E-state index contributed by atoms with van der Waals surface area (Å²) in [5, 5.41) is 3.21. The highest BCUT2D eigenvalue weighted by molar-refractivity contribution is 6.33. The Hall–Kier alpha value is -2.20. The number of anilines is 2. The lowest BCUT2D eigenvalue weighted by atomic mass is 10.3. The van der Waals surface area contributed by atoms with Crippen molar-refractivity contribution in [3.8, 4) is 5.75 Å². The van der Waals surface area contributed by atoms with Crippen molar-refractivity contribution in [3.63, 3.8) is 0 Å². The van der Waals surface area contributed by atoms with Crippen LogP contribution in [0.5, 0.6) is 5.75 Å². The Labute approximate surface area is 122 Å². The van der Waals surface area contributed by atoms with Crippen LogP contribution in [0.1, 0.15) is 6.92 Å². The standard InChI is InChI=1S/C15H15ClN2O2/c1-10(20-12-8-6-11(17)7-9-12)15(19)18-14-5-3-2-4-13(14)16/h2-10H,17H2,1H3,(H,18,19). The van der Waals surface area contributed by atoms with Crippen LogP contribution in [0.3, 0.4) is 0 Å². The predicted molar refractivity (Wildman–Crippen MR) is 81.0 cm³/mol. The van der Waals surface area contributed by atoms with E-state index in [9.17, 15) is 4.79 Å². The first-order chi connectivity index (χ1) is 9.56. The molecule has 0 aliphatic heterocycles. The van der Waals surface area contributed by atoms with Crippen molar-refractivity contribution in [2.45, 2.75) is 13.0 Å². The van der Waals surface area contributed by atoms with E-state index in [1.54, 1.807) is 55.5 Å². The molecule has 4 nitrogen and oxygen atoms in total. The summed E-state index contributed by atoms with van der Waals surface area (Å²) in [5.41, 5.74) is 6.79. The second-order valence-electron chi connectivity index (χ2n) is 4.30. The molecule has 1 atom stereocenters. The number of nitrogens with one attached hydrogen (secondary N) is 1. The van der Waals surface area contributed by atoms with E-state index >= 15 is 0 Å². The molecular weight excluding hydrogens is 276 g/mol. The van der Waals surface area contributed by atoms with Crippen LogP contribution >= 0.6 is 11.6 Å². The minimum atomic E-state index is -0.644. The molecule has 0 heterocycles. The lowest BCUT2D eigenvalue weighted by Gasteiger charge is -2.15. The zero-order valence-corrected chi connectivity index (χ0v) is 11.7. The van der Waals surface area contributed by atoms with Crippen LogP contribution in [-0.2, 0) is 4.79 Å². The Kier molecular flexibility index (Phi) is 4.48. The van der Waals surface area contributed by atoms with Crippen molar-refractivity contribution in [2.75, 3.05) is 11.1 Å². The zero-order chi connectivity index (χ0) is 14.5. The molecule has 0 aliphatic rings. The maximum absolute atomic E-state index is 12.0. The summed E-state index contributed by atoms with van der Waals surface area (Å²) >= 11 is 5.98. The highest BCUT2D eigenvalue weighted by atomic mass is 35.5. The quantitative estimate of drug-likeness (QED) is 0.849. The monoisotopic (exact) mass is 290 g/mol. The minimum Gasteiger partial charge on any atom is -0.481 e. The van der Waals surface area contributed by atoms with Crippen LogP contribution < -0.4 is 15.8 Å². The van der Waals surface area contributed by atoms with Gasteiger partial charge in [-0.1, -0.05) is 23.7 Å². The van der Waals surface area contributed by atoms with Crippen molar-refractivity contribution >= 4 is 28.9 Å². The van der Waals surface area contributed by atoms with E-state index in [1.165, 1.54) is 0 Å². The van der Waals surface area contributed by atoms with Crippen LogP contribution in [0.4, 0.5) is 11.4 Å². The van der Waals surface area contributed by atoms with Gasteiger partial charge in [-0.2, -0.15) is 0 Å². The van der Waals surface area contributed by atoms with Crippen molar-refractivity contribution < 1.29 is 9.53 Å². The largest absolute Gasteiger partial charge is 0.481 e. The highest BCUT2D eigenvalue weighted by Crippen LogP contribution is 2.21. The van der Waals surface area contributed by atoms with Gasteiger partial charge in [0, 0.05) is 5.69 Å². The predicted octanol–water partition coefficient (Wildman–Crippen LogP) is 3.33. The van der Waals surface area contributed by atoms with Gasteiger partial charge in [0.25, 0.3) is 5.91 Å². The summed E-state index contributed by atoms with van der Waals surface area (Å²) in [7, 11) is 0. The normalized spacial score (nSPS) is 11.7. The number of hydrogen-bond acceptors (Lipinski definition) is 3. The molecule has 0 fully saturated rings. The van der Waals surface area contributed by atoms with E-state index in [0.29, 0.717) is 22.1 Å². The number of benzene rings is 2. The molecule has 0 saturated carbocycles. The summed E-state index contributed by atoms with van der Waals surface area (Å²) in [6.07, 6.45) is -0.644. The van der Waals surface area contributed by atoms with Gasteiger partial charge in [-0.25, -0.2) is 0 Å². The lowest BCUT2D eigenvalue weighted by Crippen LogP contribution is -2.30. The molecule has 2 aromatic rings. The number of nitrogens with two attached hydrogens (primary N) is 1. The van der Waals surface area contributed by atoms with E-state index in [2.05, 4.69) is 5.32 Å². The van der Waals surface area contributed by atoms with Crippen molar-refractivity contribution in [3.05, 3.63) is 53.6 Å². The van der Waals surface area contributed by atoms with Crippen LogP contribution in [0.25, 0.3) is 0 Å². The number of nitrogen functional groups attached to an aromatic ring is 1. The molecule has 2 rings (SSSR count). The van der Waals surface area contributed by atoms with Gasteiger partial charge in [-0.15, -0.1) is 0 Å². The topological polar surface area (TPSA) is 64.3 Å². The van der Waals surface area contributed by atoms with E-state index in [4.69, 9.17) is 22.1 Å². The molecule has 0 radical (unpaired) electrons. The molecule has 20 heavy (non-hydrogen) atoms. The molecular formula is C15H15ClN2O2. The molecule has 0 saturated heterocycles. The number of carbonyl (C=O) groups is 1. The third kappa shape index (κ3) is 3.65. The molecule has 0 spiro atoms. The van der Waals surface area contributed by atoms with Gasteiger partial charge in [0.15, 0.2) is 6.10 Å². The molecule has 2 aromatic carbocycles. The lowest BCUT2D eigenvalue weighted by molar-refractivity contribution is -0.122. The van der Waals surface area contributed by atoms with Crippen molar-refractivity contribution in [1.82, 2.24) is 0 Å². The molecule has 0 aromatic heterocycles. The summed E-state index contributed by atoms with van der Waals surface area (Å²) in [6, 6.07) is 13.9. The third-order valence-electron chi connectivity index (χ3n) is 2.69. The number of rotatable bonds is 4. The molecule has 0 bridgehead atoms. The number of carbonyl (C=O) groups excluding carboxylic acids is 1. The Bertz CT molecular complexity index is 599.